The van der Waals surface area contributed by atoms with E-state index in [0.717, 1.165) is 18.0 Å². The maximum atomic E-state index is 11.9. The van der Waals surface area contributed by atoms with E-state index in [-0.39, 0.29) is 16.5 Å². The minimum absolute atomic E-state index is 0.0737. The van der Waals surface area contributed by atoms with Crippen molar-refractivity contribution in [1.29, 1.82) is 0 Å². The molecule has 0 aliphatic carbocycles. The topological polar surface area (TPSA) is 91.9 Å². The molecule has 0 bridgehead atoms. The molecule has 0 saturated heterocycles. The molecule has 2 aromatic heterocycles. The first-order valence-corrected chi connectivity index (χ1v) is 8.04. The van der Waals surface area contributed by atoms with Crippen molar-refractivity contribution in [2.24, 2.45) is 0 Å². The SMILES string of the molecule is O=c1[nH]cc(S(=O)(=O)NCCc2cscn2)cc1Cl. The highest BCUT2D eigenvalue weighted by Gasteiger charge is 2.15. The molecule has 102 valence electrons. The number of rotatable bonds is 5. The van der Waals surface area contributed by atoms with Crippen molar-refractivity contribution in [3.63, 3.8) is 0 Å². The largest absolute Gasteiger partial charge is 0.326 e. The second-order valence-electron chi connectivity index (χ2n) is 3.64. The Morgan fingerprint density at radius 2 is 2.26 bits per heavy atom. The number of pyridine rings is 1. The average Bonchev–Trinajstić information content (AvgIpc) is 2.85. The van der Waals surface area contributed by atoms with Crippen molar-refractivity contribution < 1.29 is 8.42 Å². The number of thiazole rings is 1. The number of sulfonamides is 1. The normalized spacial score (nSPS) is 11.6. The second-order valence-corrected chi connectivity index (χ2v) is 6.53. The van der Waals surface area contributed by atoms with Crippen molar-refractivity contribution in [3.05, 3.63) is 44.2 Å². The number of H-pyrrole nitrogens is 1. The van der Waals surface area contributed by atoms with Gasteiger partial charge in [0.1, 0.15) is 5.02 Å². The smallest absolute Gasteiger partial charge is 0.266 e. The third-order valence-electron chi connectivity index (χ3n) is 2.30. The molecule has 0 spiro atoms. The van der Waals surface area contributed by atoms with Gasteiger partial charge in [-0.15, -0.1) is 11.3 Å². The van der Waals surface area contributed by atoms with Crippen LogP contribution in [0.25, 0.3) is 0 Å². The number of nitrogens with zero attached hydrogens (tertiary/aromatic N) is 1. The standard InChI is InChI=1S/C10H10ClN3O3S2/c11-9-3-8(4-12-10(9)15)19(16,17)14-2-1-7-5-18-6-13-7/h3-6,14H,1-2H2,(H,12,15). The van der Waals surface area contributed by atoms with Crippen LogP contribution in [0.4, 0.5) is 0 Å². The van der Waals surface area contributed by atoms with Gasteiger partial charge in [-0.25, -0.2) is 18.1 Å². The molecule has 2 rings (SSSR count). The molecule has 0 radical (unpaired) electrons. The highest BCUT2D eigenvalue weighted by atomic mass is 35.5. The third kappa shape index (κ3) is 3.63. The summed E-state index contributed by atoms with van der Waals surface area (Å²) in [6.07, 6.45) is 1.61. The summed E-state index contributed by atoms with van der Waals surface area (Å²) in [5.74, 6) is 0. The minimum Gasteiger partial charge on any atom is -0.326 e. The van der Waals surface area contributed by atoms with Crippen LogP contribution in [0.1, 0.15) is 5.69 Å². The Kier molecular flexibility index (Phi) is 4.35. The van der Waals surface area contributed by atoms with Gasteiger partial charge in [0.05, 0.1) is 16.1 Å². The van der Waals surface area contributed by atoms with Gasteiger partial charge in [-0.3, -0.25) is 4.79 Å². The minimum atomic E-state index is -3.68. The molecule has 6 nitrogen and oxygen atoms in total. The predicted molar refractivity (Wildman–Crippen MR) is 73.1 cm³/mol. The van der Waals surface area contributed by atoms with Crippen LogP contribution in [-0.2, 0) is 16.4 Å². The molecule has 0 aliphatic rings. The van der Waals surface area contributed by atoms with Crippen LogP contribution in [0.15, 0.2) is 32.8 Å². The van der Waals surface area contributed by atoms with E-state index in [9.17, 15) is 13.2 Å². The summed E-state index contributed by atoms with van der Waals surface area (Å²) in [5.41, 5.74) is 1.99. The molecule has 2 aromatic rings. The summed E-state index contributed by atoms with van der Waals surface area (Å²) >= 11 is 7.04. The number of aromatic nitrogens is 2. The van der Waals surface area contributed by atoms with Crippen LogP contribution in [0.3, 0.4) is 0 Å². The van der Waals surface area contributed by atoms with E-state index in [4.69, 9.17) is 11.6 Å². The highest BCUT2D eigenvalue weighted by molar-refractivity contribution is 7.89. The van der Waals surface area contributed by atoms with Gasteiger partial charge < -0.3 is 4.98 Å². The molecule has 9 heteroatoms. The van der Waals surface area contributed by atoms with Gasteiger partial charge in [-0.05, 0) is 6.07 Å². The lowest BCUT2D eigenvalue weighted by atomic mass is 10.3. The van der Waals surface area contributed by atoms with E-state index in [1.54, 1.807) is 5.51 Å². The first-order valence-electron chi connectivity index (χ1n) is 5.24. The van der Waals surface area contributed by atoms with E-state index in [0.29, 0.717) is 6.42 Å². The Hall–Kier alpha value is -1.22. The van der Waals surface area contributed by atoms with Crippen LogP contribution in [0.5, 0.6) is 0 Å². The van der Waals surface area contributed by atoms with Crippen LogP contribution in [-0.4, -0.2) is 24.9 Å². The lowest BCUT2D eigenvalue weighted by Gasteiger charge is -2.05. The molecule has 0 saturated carbocycles. The molecule has 0 aromatic carbocycles. The monoisotopic (exact) mass is 319 g/mol. The Bertz CT molecular complexity index is 710. The van der Waals surface area contributed by atoms with Crippen molar-refractivity contribution in [3.8, 4) is 0 Å². The van der Waals surface area contributed by atoms with E-state index < -0.39 is 15.6 Å². The van der Waals surface area contributed by atoms with Gasteiger partial charge in [-0.1, -0.05) is 11.6 Å². The maximum Gasteiger partial charge on any atom is 0.266 e. The van der Waals surface area contributed by atoms with Crippen LogP contribution in [0.2, 0.25) is 5.02 Å². The Morgan fingerprint density at radius 3 is 2.89 bits per heavy atom. The van der Waals surface area contributed by atoms with Gasteiger partial charge in [0.25, 0.3) is 5.56 Å². The summed E-state index contributed by atoms with van der Waals surface area (Å²) in [7, 11) is -3.68. The van der Waals surface area contributed by atoms with Crippen molar-refractivity contribution >= 4 is 33.0 Å². The summed E-state index contributed by atoms with van der Waals surface area (Å²) in [6.45, 7) is 0.225. The molecule has 19 heavy (non-hydrogen) atoms. The molecular formula is C10H10ClN3O3S2. The Labute approximate surface area is 118 Å². The fourth-order valence-electron chi connectivity index (χ4n) is 1.35. The molecule has 0 aliphatic heterocycles. The molecule has 0 fully saturated rings. The van der Waals surface area contributed by atoms with Gasteiger partial charge in [0.2, 0.25) is 10.0 Å². The van der Waals surface area contributed by atoms with E-state index >= 15 is 0 Å². The second kappa shape index (κ2) is 5.83. The Balaban J connectivity index is 2.05. The maximum absolute atomic E-state index is 11.9. The summed E-state index contributed by atoms with van der Waals surface area (Å²) in [5, 5.41) is 1.69. The van der Waals surface area contributed by atoms with E-state index in [1.807, 2.05) is 5.38 Å². The van der Waals surface area contributed by atoms with Crippen LogP contribution < -0.4 is 10.3 Å². The van der Waals surface area contributed by atoms with Crippen molar-refractivity contribution in [1.82, 2.24) is 14.7 Å². The average molecular weight is 320 g/mol. The van der Waals surface area contributed by atoms with Gasteiger partial charge in [0, 0.05) is 24.5 Å². The van der Waals surface area contributed by atoms with E-state index in [2.05, 4.69) is 14.7 Å². The van der Waals surface area contributed by atoms with Crippen LogP contribution >= 0.6 is 22.9 Å². The lowest BCUT2D eigenvalue weighted by molar-refractivity contribution is 0.581. The number of aromatic amines is 1. The van der Waals surface area contributed by atoms with Crippen molar-refractivity contribution in [2.45, 2.75) is 11.3 Å². The zero-order valence-electron chi connectivity index (χ0n) is 9.59. The van der Waals surface area contributed by atoms with Gasteiger partial charge >= 0.3 is 0 Å². The molecule has 2 heterocycles. The van der Waals surface area contributed by atoms with Gasteiger partial charge in [0.15, 0.2) is 0 Å². The molecule has 0 atom stereocenters. The first kappa shape index (κ1) is 14.2. The number of hydrogen-bond acceptors (Lipinski definition) is 5. The zero-order valence-corrected chi connectivity index (χ0v) is 12.0. The lowest BCUT2D eigenvalue weighted by Crippen LogP contribution is -2.26. The zero-order chi connectivity index (χ0) is 13.9. The Morgan fingerprint density at radius 1 is 1.47 bits per heavy atom. The third-order valence-corrected chi connectivity index (χ3v) is 4.65. The molecule has 2 N–H and O–H groups in total. The molecule has 0 unspecified atom stereocenters. The highest BCUT2D eigenvalue weighted by Crippen LogP contribution is 2.10. The first-order chi connectivity index (χ1) is 8.99. The molecular weight excluding hydrogens is 310 g/mol. The molecule has 0 amide bonds. The van der Waals surface area contributed by atoms with Crippen molar-refractivity contribution in [2.75, 3.05) is 6.54 Å². The fourth-order valence-corrected chi connectivity index (χ4v) is 3.20. The summed E-state index contributed by atoms with van der Waals surface area (Å²) < 4.78 is 26.2. The summed E-state index contributed by atoms with van der Waals surface area (Å²) in [6, 6.07) is 1.12. The van der Waals surface area contributed by atoms with Crippen LogP contribution in [0, 0.1) is 0 Å². The summed E-state index contributed by atoms with van der Waals surface area (Å²) in [4.78, 5) is 17.3. The number of nitrogens with one attached hydrogen (secondary N) is 2. The van der Waals surface area contributed by atoms with Gasteiger partial charge in [-0.2, -0.15) is 0 Å². The number of hydrogen-bond donors (Lipinski definition) is 2. The number of halogens is 1. The predicted octanol–water partition coefficient (Wildman–Crippen LogP) is 1.01. The van der Waals surface area contributed by atoms with E-state index in [1.165, 1.54) is 11.3 Å². The quantitative estimate of drug-likeness (QED) is 0.860. The fraction of sp³-hybridized carbons (Fsp3) is 0.200.